The van der Waals surface area contributed by atoms with Crippen molar-refractivity contribution in [1.82, 2.24) is 4.90 Å². The molecule has 0 aliphatic carbocycles. The molecular weight excluding hydrogens is 344 g/mol. The van der Waals surface area contributed by atoms with Crippen molar-refractivity contribution in [2.75, 3.05) is 44.0 Å². The first-order valence-corrected chi connectivity index (χ1v) is 9.28. The lowest BCUT2D eigenvalue weighted by Crippen LogP contribution is -2.50. The Bertz CT molecular complexity index is 685. The van der Waals surface area contributed by atoms with Crippen LogP contribution in [0.1, 0.15) is 39.2 Å². The Balaban J connectivity index is 2.06. The van der Waals surface area contributed by atoms with Crippen molar-refractivity contribution < 1.29 is 14.3 Å². The minimum atomic E-state index is -0.533. The molecule has 7 nitrogen and oxygen atoms in total. The molecule has 0 bridgehead atoms. The van der Waals surface area contributed by atoms with E-state index in [-0.39, 0.29) is 12.1 Å². The minimum absolute atomic E-state index is 0.0885. The Morgan fingerprint density at radius 2 is 2.04 bits per heavy atom. The zero-order valence-electron chi connectivity index (χ0n) is 16.7. The largest absolute Gasteiger partial charge is 0.444 e. The van der Waals surface area contributed by atoms with Crippen molar-refractivity contribution in [3.8, 4) is 6.07 Å². The van der Waals surface area contributed by atoms with Crippen molar-refractivity contribution >= 4 is 17.5 Å². The number of nitrogens with two attached hydrogens (primary N) is 1. The second-order valence-corrected chi connectivity index (χ2v) is 7.77. The van der Waals surface area contributed by atoms with Crippen LogP contribution in [0, 0.1) is 11.3 Å². The van der Waals surface area contributed by atoms with E-state index in [1.807, 2.05) is 32.9 Å². The van der Waals surface area contributed by atoms with Crippen LogP contribution in [0.2, 0.25) is 0 Å². The summed E-state index contributed by atoms with van der Waals surface area (Å²) >= 11 is 0. The molecule has 27 heavy (non-hydrogen) atoms. The predicted molar refractivity (Wildman–Crippen MR) is 106 cm³/mol. The standard InChI is InChI=1S/C20H30N4O3/c1-20(2,3)27-19(25)24(11-12-26-4)17-7-9-23(10-8-17)18-6-5-16(22)13-15(18)14-21/h5-6,13,17H,7-12,22H2,1-4H3. The van der Waals surface area contributed by atoms with Crippen LogP contribution in [0.3, 0.4) is 0 Å². The first-order chi connectivity index (χ1) is 12.7. The molecule has 0 atom stereocenters. The molecule has 1 fully saturated rings. The molecule has 1 aliphatic heterocycles. The van der Waals surface area contributed by atoms with Gasteiger partial charge in [0.2, 0.25) is 0 Å². The highest BCUT2D eigenvalue weighted by atomic mass is 16.6. The van der Waals surface area contributed by atoms with E-state index in [4.69, 9.17) is 15.2 Å². The maximum absolute atomic E-state index is 12.6. The maximum Gasteiger partial charge on any atom is 0.410 e. The summed E-state index contributed by atoms with van der Waals surface area (Å²) in [6.07, 6.45) is 1.30. The minimum Gasteiger partial charge on any atom is -0.444 e. The zero-order chi connectivity index (χ0) is 20.0. The number of benzene rings is 1. The van der Waals surface area contributed by atoms with Crippen molar-refractivity contribution in [1.29, 1.82) is 5.26 Å². The number of methoxy groups -OCH3 is 1. The molecule has 1 aliphatic rings. The first kappa shape index (κ1) is 20.8. The van der Waals surface area contributed by atoms with Crippen LogP contribution >= 0.6 is 0 Å². The number of anilines is 2. The number of piperidine rings is 1. The van der Waals surface area contributed by atoms with E-state index in [2.05, 4.69) is 11.0 Å². The van der Waals surface area contributed by atoms with Gasteiger partial charge in [0.1, 0.15) is 11.7 Å². The zero-order valence-corrected chi connectivity index (χ0v) is 16.7. The number of ether oxygens (including phenoxy) is 2. The average molecular weight is 374 g/mol. The first-order valence-electron chi connectivity index (χ1n) is 9.28. The number of amides is 1. The van der Waals surface area contributed by atoms with Gasteiger partial charge in [-0.05, 0) is 51.8 Å². The van der Waals surface area contributed by atoms with Crippen molar-refractivity contribution in [3.63, 3.8) is 0 Å². The maximum atomic E-state index is 12.6. The van der Waals surface area contributed by atoms with Crippen LogP contribution in [-0.2, 0) is 9.47 Å². The van der Waals surface area contributed by atoms with E-state index in [1.54, 1.807) is 18.1 Å². The molecule has 0 saturated carbocycles. The highest BCUT2D eigenvalue weighted by molar-refractivity contribution is 5.69. The predicted octanol–water partition coefficient (Wildman–Crippen LogP) is 2.99. The van der Waals surface area contributed by atoms with Gasteiger partial charge in [-0.25, -0.2) is 4.79 Å². The number of hydrogen-bond donors (Lipinski definition) is 1. The third-order valence-electron chi connectivity index (χ3n) is 4.55. The molecule has 7 heteroatoms. The third-order valence-corrected chi connectivity index (χ3v) is 4.55. The van der Waals surface area contributed by atoms with Crippen molar-refractivity contribution in [2.45, 2.75) is 45.3 Å². The molecule has 1 saturated heterocycles. The van der Waals surface area contributed by atoms with Gasteiger partial charge in [0.15, 0.2) is 0 Å². The van der Waals surface area contributed by atoms with Gasteiger partial charge in [-0.1, -0.05) is 0 Å². The van der Waals surface area contributed by atoms with Gasteiger partial charge in [0.25, 0.3) is 0 Å². The summed E-state index contributed by atoms with van der Waals surface area (Å²) in [5.41, 5.74) is 7.31. The molecule has 2 N–H and O–H groups in total. The van der Waals surface area contributed by atoms with Crippen LogP contribution in [0.4, 0.5) is 16.2 Å². The van der Waals surface area contributed by atoms with E-state index in [9.17, 15) is 10.1 Å². The topological polar surface area (TPSA) is 91.8 Å². The molecule has 1 aromatic carbocycles. The summed E-state index contributed by atoms with van der Waals surface area (Å²) in [6, 6.07) is 7.71. The number of rotatable bonds is 5. The van der Waals surface area contributed by atoms with Crippen LogP contribution in [0.25, 0.3) is 0 Å². The fourth-order valence-corrected chi connectivity index (χ4v) is 3.27. The quantitative estimate of drug-likeness (QED) is 0.797. The summed E-state index contributed by atoms with van der Waals surface area (Å²) in [7, 11) is 1.63. The molecule has 1 heterocycles. The Morgan fingerprint density at radius 3 is 2.59 bits per heavy atom. The van der Waals surface area contributed by atoms with E-state index in [1.165, 1.54) is 0 Å². The molecule has 2 rings (SSSR count). The summed E-state index contributed by atoms with van der Waals surface area (Å²) in [5.74, 6) is 0. The Kier molecular flexibility index (Phi) is 6.92. The second kappa shape index (κ2) is 8.96. The molecule has 0 radical (unpaired) electrons. The monoisotopic (exact) mass is 374 g/mol. The van der Waals surface area contributed by atoms with E-state index in [0.29, 0.717) is 24.4 Å². The molecule has 0 spiro atoms. The van der Waals surface area contributed by atoms with Gasteiger partial charge >= 0.3 is 6.09 Å². The van der Waals surface area contributed by atoms with Crippen molar-refractivity contribution in [2.24, 2.45) is 0 Å². The smallest absolute Gasteiger partial charge is 0.410 e. The number of nitrogens with zero attached hydrogens (tertiary/aromatic N) is 3. The van der Waals surface area contributed by atoms with Crippen molar-refractivity contribution in [3.05, 3.63) is 23.8 Å². The van der Waals surface area contributed by atoms with Gasteiger partial charge in [0.05, 0.1) is 17.9 Å². The number of hydrogen-bond acceptors (Lipinski definition) is 6. The van der Waals surface area contributed by atoms with Gasteiger partial charge in [-0.3, -0.25) is 0 Å². The molecular formula is C20H30N4O3. The van der Waals surface area contributed by atoms with Gasteiger partial charge in [0, 0.05) is 38.5 Å². The number of carbonyl (C=O) groups is 1. The lowest BCUT2D eigenvalue weighted by atomic mass is 10.0. The Morgan fingerprint density at radius 1 is 1.37 bits per heavy atom. The van der Waals surface area contributed by atoms with Crippen LogP contribution in [0.5, 0.6) is 0 Å². The van der Waals surface area contributed by atoms with Gasteiger partial charge in [-0.15, -0.1) is 0 Å². The number of nitriles is 1. The fourth-order valence-electron chi connectivity index (χ4n) is 3.27. The molecule has 0 aromatic heterocycles. The van der Waals surface area contributed by atoms with Gasteiger partial charge in [-0.2, -0.15) is 5.26 Å². The summed E-state index contributed by atoms with van der Waals surface area (Å²) in [6.45, 7) is 8.09. The molecule has 148 valence electrons. The molecule has 1 aromatic rings. The fraction of sp³-hybridized carbons (Fsp3) is 0.600. The molecule has 0 unspecified atom stereocenters. The summed E-state index contributed by atoms with van der Waals surface area (Å²) < 4.78 is 10.7. The van der Waals surface area contributed by atoms with Crippen LogP contribution in [-0.4, -0.2) is 56.0 Å². The third kappa shape index (κ3) is 5.76. The average Bonchev–Trinajstić information content (AvgIpc) is 2.61. The number of nitrogen functional groups attached to an aromatic ring is 1. The van der Waals surface area contributed by atoms with Crippen LogP contribution < -0.4 is 10.6 Å². The van der Waals surface area contributed by atoms with Gasteiger partial charge < -0.3 is 25.0 Å². The lowest BCUT2D eigenvalue weighted by Gasteiger charge is -2.40. The number of carbonyl (C=O) groups excluding carboxylic acids is 1. The summed E-state index contributed by atoms with van der Waals surface area (Å²) in [5, 5.41) is 9.38. The normalized spacial score (nSPS) is 15.3. The van der Waals surface area contributed by atoms with E-state index < -0.39 is 5.60 Å². The van der Waals surface area contributed by atoms with E-state index in [0.717, 1.165) is 31.6 Å². The Labute approximate surface area is 161 Å². The molecule has 1 amide bonds. The SMILES string of the molecule is COCCN(C(=O)OC(C)(C)C)C1CCN(c2ccc(N)cc2C#N)CC1. The second-order valence-electron chi connectivity index (χ2n) is 7.77. The highest BCUT2D eigenvalue weighted by Crippen LogP contribution is 2.27. The van der Waals surface area contributed by atoms with Crippen LogP contribution in [0.15, 0.2) is 18.2 Å². The Hall–Kier alpha value is -2.46. The van der Waals surface area contributed by atoms with E-state index >= 15 is 0 Å². The summed E-state index contributed by atoms with van der Waals surface area (Å²) in [4.78, 5) is 16.6. The highest BCUT2D eigenvalue weighted by Gasteiger charge is 2.31. The lowest BCUT2D eigenvalue weighted by molar-refractivity contribution is 0.00770.